The number of rotatable bonds is 3. The number of ether oxygens (including phenoxy) is 1. The van der Waals surface area contributed by atoms with E-state index in [1.54, 1.807) is 10.8 Å². The Morgan fingerprint density at radius 3 is 2.83 bits per heavy atom. The Kier molecular flexibility index (Phi) is 3.47. The zero-order valence-electron chi connectivity index (χ0n) is 9.57. The van der Waals surface area contributed by atoms with Crippen LogP contribution in [0, 0.1) is 5.82 Å². The van der Waals surface area contributed by atoms with Crippen LogP contribution in [0.3, 0.4) is 0 Å². The summed E-state index contributed by atoms with van der Waals surface area (Å²) in [6, 6.07) is 4.03. The van der Waals surface area contributed by atoms with Crippen molar-refractivity contribution in [1.82, 2.24) is 0 Å². The van der Waals surface area contributed by atoms with Gasteiger partial charge in [0.05, 0.1) is 29.7 Å². The largest absolute Gasteiger partial charge is 0.465 e. The zero-order chi connectivity index (χ0) is 13.1. The lowest BCUT2D eigenvalue weighted by molar-refractivity contribution is 0.0602. The van der Waals surface area contributed by atoms with Crippen LogP contribution in [0.2, 0.25) is 0 Å². The molecule has 2 rings (SSSR count). The Morgan fingerprint density at radius 1 is 1.39 bits per heavy atom. The predicted octanol–water partition coefficient (Wildman–Crippen LogP) is 3.00. The topological polar surface area (TPSA) is 64.3 Å². The van der Waals surface area contributed by atoms with Crippen LogP contribution >= 0.6 is 11.3 Å². The summed E-state index contributed by atoms with van der Waals surface area (Å²) in [7, 11) is 1.32. The summed E-state index contributed by atoms with van der Waals surface area (Å²) in [4.78, 5) is 11.5. The second-order valence-electron chi connectivity index (χ2n) is 3.55. The lowest BCUT2D eigenvalue weighted by atomic mass is 10.2. The molecule has 1 heterocycles. The number of methoxy groups -OCH3 is 1. The SMILES string of the molecule is COC(=O)c1cscc1Nc1ccc(F)cc1N. The van der Waals surface area contributed by atoms with Crippen molar-refractivity contribution < 1.29 is 13.9 Å². The number of anilines is 3. The van der Waals surface area contributed by atoms with Crippen LogP contribution in [0.4, 0.5) is 21.5 Å². The summed E-state index contributed by atoms with van der Waals surface area (Å²) in [6.07, 6.45) is 0. The first-order valence-corrected chi connectivity index (χ1v) is 6.02. The predicted molar refractivity (Wildman–Crippen MR) is 69.8 cm³/mol. The lowest BCUT2D eigenvalue weighted by Gasteiger charge is -2.09. The van der Waals surface area contributed by atoms with E-state index in [1.807, 2.05) is 0 Å². The molecule has 0 fully saturated rings. The maximum atomic E-state index is 12.9. The van der Waals surface area contributed by atoms with Crippen molar-refractivity contribution >= 4 is 34.4 Å². The van der Waals surface area contributed by atoms with Gasteiger partial charge >= 0.3 is 5.97 Å². The number of nitrogens with two attached hydrogens (primary N) is 1. The molecule has 0 aliphatic heterocycles. The van der Waals surface area contributed by atoms with Crippen LogP contribution < -0.4 is 11.1 Å². The number of hydrogen-bond acceptors (Lipinski definition) is 5. The van der Waals surface area contributed by atoms with Crippen LogP contribution in [-0.4, -0.2) is 13.1 Å². The molecule has 0 spiro atoms. The van der Waals surface area contributed by atoms with Gasteiger partial charge in [-0.05, 0) is 18.2 Å². The number of nitrogen functional groups attached to an aromatic ring is 1. The van der Waals surface area contributed by atoms with Crippen LogP contribution in [0.5, 0.6) is 0 Å². The van der Waals surface area contributed by atoms with E-state index in [-0.39, 0.29) is 5.69 Å². The van der Waals surface area contributed by atoms with Gasteiger partial charge < -0.3 is 15.8 Å². The van der Waals surface area contributed by atoms with Crippen LogP contribution in [0.25, 0.3) is 0 Å². The highest BCUT2D eigenvalue weighted by Gasteiger charge is 2.13. The number of carbonyl (C=O) groups is 1. The smallest absolute Gasteiger partial charge is 0.340 e. The molecule has 2 aromatic rings. The van der Waals surface area contributed by atoms with Gasteiger partial charge in [0, 0.05) is 10.8 Å². The third-order valence-electron chi connectivity index (χ3n) is 2.35. The van der Waals surface area contributed by atoms with E-state index in [4.69, 9.17) is 5.73 Å². The minimum Gasteiger partial charge on any atom is -0.465 e. The Labute approximate surface area is 107 Å². The number of thiophene rings is 1. The summed E-state index contributed by atoms with van der Waals surface area (Å²) < 4.78 is 17.6. The highest BCUT2D eigenvalue weighted by molar-refractivity contribution is 7.08. The molecule has 1 aromatic heterocycles. The summed E-state index contributed by atoms with van der Waals surface area (Å²) >= 11 is 1.36. The molecule has 6 heteroatoms. The average Bonchev–Trinajstić information content (AvgIpc) is 2.80. The second-order valence-corrected chi connectivity index (χ2v) is 4.29. The van der Waals surface area contributed by atoms with Crippen molar-refractivity contribution in [2.45, 2.75) is 0 Å². The number of nitrogens with one attached hydrogen (secondary N) is 1. The van der Waals surface area contributed by atoms with Gasteiger partial charge in [0.2, 0.25) is 0 Å². The quantitative estimate of drug-likeness (QED) is 0.662. The van der Waals surface area contributed by atoms with Gasteiger partial charge in [-0.2, -0.15) is 0 Å². The standard InChI is InChI=1S/C12H11FN2O2S/c1-17-12(16)8-5-18-6-11(8)15-10-3-2-7(13)4-9(10)14/h2-6,15H,14H2,1H3. The van der Waals surface area contributed by atoms with Crippen LogP contribution in [0.1, 0.15) is 10.4 Å². The van der Waals surface area contributed by atoms with Crippen molar-refractivity contribution in [2.75, 3.05) is 18.2 Å². The third-order valence-corrected chi connectivity index (χ3v) is 3.09. The molecule has 0 saturated heterocycles. The number of carbonyl (C=O) groups excluding carboxylic acids is 1. The Morgan fingerprint density at radius 2 is 2.17 bits per heavy atom. The van der Waals surface area contributed by atoms with E-state index in [2.05, 4.69) is 10.1 Å². The molecule has 0 unspecified atom stereocenters. The number of benzene rings is 1. The molecule has 4 nitrogen and oxygen atoms in total. The van der Waals surface area contributed by atoms with Gasteiger partial charge in [0.1, 0.15) is 5.82 Å². The third kappa shape index (κ3) is 2.43. The Hall–Kier alpha value is -2.08. The summed E-state index contributed by atoms with van der Waals surface area (Å²) in [6.45, 7) is 0. The summed E-state index contributed by atoms with van der Waals surface area (Å²) in [5.41, 5.74) is 7.51. The van der Waals surface area contributed by atoms with Gasteiger partial charge in [-0.15, -0.1) is 11.3 Å². The van der Waals surface area contributed by atoms with E-state index in [9.17, 15) is 9.18 Å². The van der Waals surface area contributed by atoms with Crippen molar-refractivity contribution in [1.29, 1.82) is 0 Å². The van der Waals surface area contributed by atoms with Gasteiger partial charge in [-0.1, -0.05) is 0 Å². The molecule has 0 atom stereocenters. The molecule has 0 bridgehead atoms. The van der Waals surface area contributed by atoms with Crippen molar-refractivity contribution in [2.24, 2.45) is 0 Å². The lowest BCUT2D eigenvalue weighted by Crippen LogP contribution is -2.04. The Balaban J connectivity index is 2.29. The molecular formula is C12H11FN2O2S. The maximum Gasteiger partial charge on any atom is 0.340 e. The number of esters is 1. The van der Waals surface area contributed by atoms with E-state index in [0.717, 1.165) is 0 Å². The van der Waals surface area contributed by atoms with Crippen molar-refractivity contribution in [3.05, 3.63) is 40.3 Å². The molecule has 0 radical (unpaired) electrons. The normalized spacial score (nSPS) is 10.1. The van der Waals surface area contributed by atoms with E-state index in [0.29, 0.717) is 16.9 Å². The van der Waals surface area contributed by atoms with Gasteiger partial charge in [0.15, 0.2) is 0 Å². The average molecular weight is 266 g/mol. The first kappa shape index (κ1) is 12.4. The van der Waals surface area contributed by atoms with Gasteiger partial charge in [-0.3, -0.25) is 0 Å². The molecule has 94 valence electrons. The van der Waals surface area contributed by atoms with Crippen LogP contribution in [-0.2, 0) is 4.74 Å². The van der Waals surface area contributed by atoms with E-state index in [1.165, 1.54) is 36.6 Å². The van der Waals surface area contributed by atoms with E-state index < -0.39 is 11.8 Å². The first-order valence-electron chi connectivity index (χ1n) is 5.08. The van der Waals surface area contributed by atoms with E-state index >= 15 is 0 Å². The number of hydrogen-bond donors (Lipinski definition) is 2. The second kappa shape index (κ2) is 5.05. The summed E-state index contributed by atoms with van der Waals surface area (Å²) in [5.74, 6) is -0.837. The number of halogens is 1. The fourth-order valence-corrected chi connectivity index (χ4v) is 2.20. The highest BCUT2D eigenvalue weighted by atomic mass is 32.1. The minimum atomic E-state index is -0.431. The van der Waals surface area contributed by atoms with Gasteiger partial charge in [-0.25, -0.2) is 9.18 Å². The molecule has 1 aromatic carbocycles. The van der Waals surface area contributed by atoms with Crippen molar-refractivity contribution in [3.63, 3.8) is 0 Å². The molecule has 18 heavy (non-hydrogen) atoms. The molecule has 0 amide bonds. The molecule has 3 N–H and O–H groups in total. The van der Waals surface area contributed by atoms with Crippen molar-refractivity contribution in [3.8, 4) is 0 Å². The maximum absolute atomic E-state index is 12.9. The molecule has 0 saturated carbocycles. The zero-order valence-corrected chi connectivity index (χ0v) is 10.4. The molecule has 0 aliphatic carbocycles. The fraction of sp³-hybridized carbons (Fsp3) is 0.0833. The monoisotopic (exact) mass is 266 g/mol. The molecule has 0 aliphatic rings. The van der Waals surface area contributed by atoms with Gasteiger partial charge in [0.25, 0.3) is 0 Å². The highest BCUT2D eigenvalue weighted by Crippen LogP contribution is 2.28. The minimum absolute atomic E-state index is 0.275. The fourth-order valence-electron chi connectivity index (χ4n) is 1.45. The van der Waals surface area contributed by atoms with Crippen LogP contribution in [0.15, 0.2) is 29.0 Å². The molecular weight excluding hydrogens is 255 g/mol. The first-order chi connectivity index (χ1) is 8.61. The summed E-state index contributed by atoms with van der Waals surface area (Å²) in [5, 5.41) is 6.41. The Bertz CT molecular complexity index is 583.